The molecule has 1 unspecified atom stereocenters. The van der Waals surface area contributed by atoms with Crippen molar-refractivity contribution in [1.29, 1.82) is 0 Å². The van der Waals surface area contributed by atoms with Gasteiger partial charge in [-0.2, -0.15) is 0 Å². The van der Waals surface area contributed by atoms with Crippen molar-refractivity contribution in [2.45, 2.75) is 51.0 Å². The number of rotatable bonds is 3. The molecular formula is C14H19F2N. The lowest BCUT2D eigenvalue weighted by molar-refractivity contribution is 0.461. The summed E-state index contributed by atoms with van der Waals surface area (Å²) in [6, 6.07) is 2.94. The van der Waals surface area contributed by atoms with Crippen LogP contribution < -0.4 is 5.73 Å². The van der Waals surface area contributed by atoms with Crippen LogP contribution in [0.2, 0.25) is 0 Å². The van der Waals surface area contributed by atoms with Crippen LogP contribution in [0, 0.1) is 11.6 Å². The Hall–Kier alpha value is -0.960. The molecule has 0 saturated heterocycles. The molecule has 0 amide bonds. The first-order valence-electron chi connectivity index (χ1n) is 6.13. The number of hydrogen-bond acceptors (Lipinski definition) is 1. The van der Waals surface area contributed by atoms with Crippen molar-refractivity contribution in [3.8, 4) is 0 Å². The molecular weight excluding hydrogens is 220 g/mol. The third kappa shape index (κ3) is 1.97. The first kappa shape index (κ1) is 12.5. The predicted molar refractivity (Wildman–Crippen MR) is 65.0 cm³/mol. The van der Waals surface area contributed by atoms with E-state index in [1.165, 1.54) is 6.07 Å². The molecule has 0 aromatic heterocycles. The molecule has 1 aliphatic carbocycles. The summed E-state index contributed by atoms with van der Waals surface area (Å²) in [7, 11) is 0. The van der Waals surface area contributed by atoms with E-state index in [0.717, 1.165) is 18.4 Å². The average Bonchev–Trinajstić information content (AvgIpc) is 3.02. The normalized spacial score (nSPS) is 19.5. The molecule has 0 radical (unpaired) electrons. The summed E-state index contributed by atoms with van der Waals surface area (Å²) in [4.78, 5) is 0. The van der Waals surface area contributed by atoms with E-state index >= 15 is 0 Å². The van der Waals surface area contributed by atoms with Gasteiger partial charge in [-0.25, -0.2) is 8.78 Å². The zero-order valence-corrected chi connectivity index (χ0v) is 10.6. The molecule has 2 N–H and O–H groups in total. The van der Waals surface area contributed by atoms with Crippen molar-refractivity contribution in [3.63, 3.8) is 0 Å². The molecule has 0 spiro atoms. The largest absolute Gasteiger partial charge is 0.327 e. The minimum absolute atomic E-state index is 0.140. The van der Waals surface area contributed by atoms with Crippen molar-refractivity contribution in [3.05, 3.63) is 34.9 Å². The lowest BCUT2D eigenvalue weighted by Gasteiger charge is -2.22. The highest BCUT2D eigenvalue weighted by molar-refractivity contribution is 5.39. The maximum Gasteiger partial charge on any atom is 0.162 e. The molecule has 3 heteroatoms. The number of nitrogens with two attached hydrogens (primary N) is 1. The summed E-state index contributed by atoms with van der Waals surface area (Å²) >= 11 is 0. The van der Waals surface area contributed by atoms with Crippen LogP contribution in [0.5, 0.6) is 0 Å². The van der Waals surface area contributed by atoms with Crippen molar-refractivity contribution in [2.75, 3.05) is 0 Å². The Bertz CT molecular complexity index is 434. The monoisotopic (exact) mass is 239 g/mol. The van der Waals surface area contributed by atoms with Crippen LogP contribution in [-0.2, 0) is 5.41 Å². The van der Waals surface area contributed by atoms with E-state index in [2.05, 4.69) is 0 Å². The fourth-order valence-electron chi connectivity index (χ4n) is 2.41. The molecule has 0 bridgehead atoms. The van der Waals surface area contributed by atoms with Gasteiger partial charge in [0.25, 0.3) is 0 Å². The minimum Gasteiger partial charge on any atom is -0.327 e. The van der Waals surface area contributed by atoms with Gasteiger partial charge in [-0.05, 0) is 42.9 Å². The summed E-state index contributed by atoms with van der Waals surface area (Å²) in [6.07, 6.45) is 1.70. The molecule has 2 rings (SSSR count). The van der Waals surface area contributed by atoms with E-state index in [-0.39, 0.29) is 17.4 Å². The van der Waals surface area contributed by atoms with E-state index in [1.54, 1.807) is 6.07 Å². The van der Waals surface area contributed by atoms with Crippen molar-refractivity contribution in [2.24, 2.45) is 5.73 Å². The van der Waals surface area contributed by atoms with Crippen LogP contribution >= 0.6 is 0 Å². The SMILES string of the molecule is CC(C)c1cc(F)c(F)c(C2(C(C)N)CC2)c1. The van der Waals surface area contributed by atoms with Gasteiger partial charge in [0, 0.05) is 11.5 Å². The van der Waals surface area contributed by atoms with Crippen molar-refractivity contribution >= 4 is 0 Å². The topological polar surface area (TPSA) is 26.0 Å². The third-order valence-corrected chi connectivity index (χ3v) is 3.91. The summed E-state index contributed by atoms with van der Waals surface area (Å²) in [5.74, 6) is -1.28. The summed E-state index contributed by atoms with van der Waals surface area (Å²) in [5, 5.41) is 0. The van der Waals surface area contributed by atoms with Crippen LogP contribution in [0.25, 0.3) is 0 Å². The van der Waals surface area contributed by atoms with E-state index in [0.29, 0.717) is 5.56 Å². The highest BCUT2D eigenvalue weighted by Crippen LogP contribution is 2.51. The molecule has 17 heavy (non-hydrogen) atoms. The Morgan fingerprint density at radius 1 is 1.18 bits per heavy atom. The molecule has 94 valence electrons. The maximum atomic E-state index is 13.9. The zero-order chi connectivity index (χ0) is 12.8. The number of halogens is 2. The van der Waals surface area contributed by atoms with E-state index in [9.17, 15) is 8.78 Å². The maximum absolute atomic E-state index is 13.9. The molecule has 1 aromatic carbocycles. The fourth-order valence-corrected chi connectivity index (χ4v) is 2.41. The van der Waals surface area contributed by atoms with E-state index < -0.39 is 11.6 Å². The van der Waals surface area contributed by atoms with E-state index in [4.69, 9.17) is 5.73 Å². The quantitative estimate of drug-likeness (QED) is 0.858. The smallest absolute Gasteiger partial charge is 0.162 e. The second-order valence-electron chi connectivity index (χ2n) is 5.46. The number of benzene rings is 1. The molecule has 1 aromatic rings. The molecule has 1 fully saturated rings. The van der Waals surface area contributed by atoms with Crippen LogP contribution in [0.3, 0.4) is 0 Å². The third-order valence-electron chi connectivity index (χ3n) is 3.91. The van der Waals surface area contributed by atoms with Gasteiger partial charge in [0.15, 0.2) is 11.6 Å². The van der Waals surface area contributed by atoms with Crippen molar-refractivity contribution < 1.29 is 8.78 Å². The van der Waals surface area contributed by atoms with Gasteiger partial charge >= 0.3 is 0 Å². The highest BCUT2D eigenvalue weighted by Gasteiger charge is 2.49. The average molecular weight is 239 g/mol. The standard InChI is InChI=1S/C14H19F2N/c1-8(2)10-6-11(13(16)12(15)7-10)14(4-5-14)9(3)17/h6-9H,4-5,17H2,1-3H3. The lowest BCUT2D eigenvalue weighted by atomic mass is 9.86. The van der Waals surface area contributed by atoms with Crippen LogP contribution in [0.1, 0.15) is 50.7 Å². The zero-order valence-electron chi connectivity index (χ0n) is 10.6. The fraction of sp³-hybridized carbons (Fsp3) is 0.571. The van der Waals surface area contributed by atoms with Gasteiger partial charge in [-0.15, -0.1) is 0 Å². The lowest BCUT2D eigenvalue weighted by Crippen LogP contribution is -2.32. The summed E-state index contributed by atoms with van der Waals surface area (Å²) < 4.78 is 27.5. The first-order valence-corrected chi connectivity index (χ1v) is 6.13. The Balaban J connectivity index is 2.54. The minimum atomic E-state index is -0.752. The first-order chi connectivity index (χ1) is 7.88. The van der Waals surface area contributed by atoms with Gasteiger partial charge in [0.2, 0.25) is 0 Å². The predicted octanol–water partition coefficient (Wildman–Crippen LogP) is 3.47. The Kier molecular flexibility index (Phi) is 2.98. The van der Waals surface area contributed by atoms with Gasteiger partial charge < -0.3 is 5.73 Å². The van der Waals surface area contributed by atoms with Crippen LogP contribution in [0.4, 0.5) is 8.78 Å². The number of hydrogen-bond donors (Lipinski definition) is 1. The van der Waals surface area contributed by atoms with Gasteiger partial charge in [0.05, 0.1) is 0 Å². The molecule has 1 saturated carbocycles. The molecule has 1 nitrogen and oxygen atoms in total. The Labute approximate surface area is 101 Å². The Morgan fingerprint density at radius 2 is 1.76 bits per heavy atom. The van der Waals surface area contributed by atoms with Gasteiger partial charge in [-0.1, -0.05) is 19.9 Å². The van der Waals surface area contributed by atoms with Crippen molar-refractivity contribution in [1.82, 2.24) is 0 Å². The van der Waals surface area contributed by atoms with Gasteiger partial charge in [0.1, 0.15) is 0 Å². The highest BCUT2D eigenvalue weighted by atomic mass is 19.2. The van der Waals surface area contributed by atoms with E-state index in [1.807, 2.05) is 20.8 Å². The van der Waals surface area contributed by atoms with Crippen LogP contribution in [0.15, 0.2) is 12.1 Å². The molecule has 1 atom stereocenters. The van der Waals surface area contributed by atoms with Crippen LogP contribution in [-0.4, -0.2) is 6.04 Å². The molecule has 0 heterocycles. The Morgan fingerprint density at radius 3 is 2.18 bits per heavy atom. The second-order valence-corrected chi connectivity index (χ2v) is 5.46. The molecule has 1 aliphatic rings. The van der Waals surface area contributed by atoms with Gasteiger partial charge in [-0.3, -0.25) is 0 Å². The second kappa shape index (κ2) is 4.05. The summed E-state index contributed by atoms with van der Waals surface area (Å²) in [5.41, 5.74) is 6.89. The molecule has 0 aliphatic heterocycles. The summed E-state index contributed by atoms with van der Waals surface area (Å²) in [6.45, 7) is 5.82.